The second-order valence-electron chi connectivity index (χ2n) is 7.97. The van der Waals surface area contributed by atoms with Gasteiger partial charge in [0.2, 0.25) is 0 Å². The van der Waals surface area contributed by atoms with Gasteiger partial charge in [-0.05, 0) is 86.6 Å². The molecule has 0 atom stereocenters. The second kappa shape index (κ2) is 9.30. The summed E-state index contributed by atoms with van der Waals surface area (Å²) < 4.78 is 1.82. The lowest BCUT2D eigenvalue weighted by atomic mass is 10.1. The molecular formula is C25H19Cl2N3O4S. The summed E-state index contributed by atoms with van der Waals surface area (Å²) in [4.78, 5) is 39.0. The smallest absolute Gasteiger partial charge is 0.337 e. The van der Waals surface area contributed by atoms with Gasteiger partial charge in [-0.2, -0.15) is 0 Å². The number of nitrogens with zero attached hydrogens (tertiary/aromatic N) is 2. The third kappa shape index (κ3) is 4.36. The van der Waals surface area contributed by atoms with Gasteiger partial charge in [0.1, 0.15) is 5.57 Å². The molecule has 2 amide bonds. The van der Waals surface area contributed by atoms with Crippen LogP contribution in [0.25, 0.3) is 11.8 Å². The Morgan fingerprint density at radius 1 is 1.06 bits per heavy atom. The number of rotatable bonds is 4. The van der Waals surface area contributed by atoms with Crippen LogP contribution in [0.2, 0.25) is 10.0 Å². The first-order valence-electron chi connectivity index (χ1n) is 10.4. The number of thiocarbonyl (C=S) groups is 1. The zero-order valence-corrected chi connectivity index (χ0v) is 21.2. The zero-order valence-electron chi connectivity index (χ0n) is 18.8. The van der Waals surface area contributed by atoms with Gasteiger partial charge in [-0.25, -0.2) is 4.79 Å². The van der Waals surface area contributed by atoms with Crippen LogP contribution in [0.4, 0.5) is 5.69 Å². The van der Waals surface area contributed by atoms with Crippen molar-refractivity contribution in [2.24, 2.45) is 0 Å². The highest BCUT2D eigenvalue weighted by Crippen LogP contribution is 2.31. The Kier molecular flexibility index (Phi) is 6.55. The molecule has 35 heavy (non-hydrogen) atoms. The normalized spacial score (nSPS) is 15.1. The molecule has 178 valence electrons. The molecule has 1 fully saturated rings. The molecule has 0 bridgehead atoms. The van der Waals surface area contributed by atoms with Crippen molar-refractivity contribution in [1.29, 1.82) is 0 Å². The molecule has 1 aliphatic rings. The SMILES string of the molecule is Cc1c(Cl)cccc1N1C(=O)/C(=C/c2cc(C)n(-c3ccc(Cl)c(C(=O)O)c3)c2C)C(=O)NC1=S. The number of benzene rings is 2. The van der Waals surface area contributed by atoms with Gasteiger partial charge in [0, 0.05) is 22.1 Å². The third-order valence-corrected chi connectivity index (χ3v) is 6.81. The van der Waals surface area contributed by atoms with E-state index in [1.165, 1.54) is 23.1 Å². The third-order valence-electron chi connectivity index (χ3n) is 5.79. The average molecular weight is 528 g/mol. The van der Waals surface area contributed by atoms with Gasteiger partial charge < -0.3 is 9.67 Å². The highest BCUT2D eigenvalue weighted by Gasteiger charge is 2.35. The number of aromatic nitrogens is 1. The van der Waals surface area contributed by atoms with Crippen molar-refractivity contribution in [3.63, 3.8) is 0 Å². The van der Waals surface area contributed by atoms with Crippen LogP contribution in [-0.2, 0) is 9.59 Å². The van der Waals surface area contributed by atoms with E-state index in [2.05, 4.69) is 5.32 Å². The molecule has 2 heterocycles. The number of nitrogens with one attached hydrogen (secondary N) is 1. The number of carboxylic acids is 1. The lowest BCUT2D eigenvalue weighted by Gasteiger charge is -2.30. The van der Waals surface area contributed by atoms with Crippen LogP contribution in [0.3, 0.4) is 0 Å². The zero-order chi connectivity index (χ0) is 25.6. The Balaban J connectivity index is 1.80. The summed E-state index contributed by atoms with van der Waals surface area (Å²) >= 11 is 17.5. The Hall–Kier alpha value is -3.46. The minimum absolute atomic E-state index is 0.0283. The topological polar surface area (TPSA) is 91.6 Å². The molecule has 0 radical (unpaired) electrons. The van der Waals surface area contributed by atoms with Gasteiger partial charge >= 0.3 is 5.97 Å². The monoisotopic (exact) mass is 527 g/mol. The van der Waals surface area contributed by atoms with E-state index in [0.717, 1.165) is 5.69 Å². The molecular weight excluding hydrogens is 509 g/mol. The Morgan fingerprint density at radius 3 is 2.46 bits per heavy atom. The van der Waals surface area contributed by atoms with Crippen molar-refractivity contribution in [2.75, 3.05) is 4.90 Å². The highest BCUT2D eigenvalue weighted by atomic mass is 35.5. The number of aromatic carboxylic acids is 1. The number of amides is 2. The molecule has 10 heteroatoms. The van der Waals surface area contributed by atoms with Crippen LogP contribution in [0, 0.1) is 20.8 Å². The van der Waals surface area contributed by atoms with E-state index >= 15 is 0 Å². The van der Waals surface area contributed by atoms with Crippen LogP contribution >= 0.6 is 35.4 Å². The largest absolute Gasteiger partial charge is 0.478 e. The van der Waals surface area contributed by atoms with Crippen LogP contribution in [0.15, 0.2) is 48.0 Å². The van der Waals surface area contributed by atoms with Gasteiger partial charge in [-0.1, -0.05) is 29.3 Å². The lowest BCUT2D eigenvalue weighted by Crippen LogP contribution is -2.54. The van der Waals surface area contributed by atoms with Gasteiger partial charge in [-0.15, -0.1) is 0 Å². The molecule has 1 aliphatic heterocycles. The first-order valence-corrected chi connectivity index (χ1v) is 11.6. The van der Waals surface area contributed by atoms with E-state index < -0.39 is 17.8 Å². The summed E-state index contributed by atoms with van der Waals surface area (Å²) in [5.41, 5.74) is 3.68. The summed E-state index contributed by atoms with van der Waals surface area (Å²) in [6, 6.07) is 11.6. The van der Waals surface area contributed by atoms with E-state index in [-0.39, 0.29) is 21.3 Å². The predicted molar refractivity (Wildman–Crippen MR) is 140 cm³/mol. The Bertz CT molecular complexity index is 1480. The number of hydrogen-bond donors (Lipinski definition) is 2. The number of hydrogen-bond acceptors (Lipinski definition) is 4. The van der Waals surface area contributed by atoms with Crippen LogP contribution in [0.5, 0.6) is 0 Å². The van der Waals surface area contributed by atoms with Crippen molar-refractivity contribution < 1.29 is 19.5 Å². The van der Waals surface area contributed by atoms with Crippen molar-refractivity contribution in [1.82, 2.24) is 9.88 Å². The summed E-state index contributed by atoms with van der Waals surface area (Å²) in [6.45, 7) is 5.41. The first kappa shape index (κ1) is 24.7. The van der Waals surface area contributed by atoms with E-state index in [0.29, 0.717) is 33.2 Å². The molecule has 0 unspecified atom stereocenters. The number of carbonyl (C=O) groups is 3. The first-order chi connectivity index (χ1) is 16.5. The molecule has 7 nitrogen and oxygen atoms in total. The Morgan fingerprint density at radius 2 is 1.77 bits per heavy atom. The minimum atomic E-state index is -1.14. The molecule has 3 aromatic rings. The molecule has 4 rings (SSSR count). The van der Waals surface area contributed by atoms with Crippen molar-refractivity contribution in [3.05, 3.63) is 86.2 Å². The Labute approximate surface area is 216 Å². The highest BCUT2D eigenvalue weighted by molar-refractivity contribution is 7.80. The van der Waals surface area contributed by atoms with Gasteiger partial charge in [0.25, 0.3) is 11.8 Å². The quantitative estimate of drug-likeness (QED) is 0.275. The molecule has 1 aromatic heterocycles. The van der Waals surface area contributed by atoms with Crippen molar-refractivity contribution in [3.8, 4) is 5.69 Å². The fourth-order valence-corrected chi connectivity index (χ4v) is 4.66. The van der Waals surface area contributed by atoms with Crippen LogP contribution in [-0.4, -0.2) is 32.6 Å². The summed E-state index contributed by atoms with van der Waals surface area (Å²) in [7, 11) is 0. The number of halogens is 2. The number of aryl methyl sites for hydroxylation is 1. The number of anilines is 1. The summed E-state index contributed by atoms with van der Waals surface area (Å²) in [5.74, 6) is -2.33. The van der Waals surface area contributed by atoms with E-state index in [1.54, 1.807) is 37.3 Å². The maximum Gasteiger partial charge on any atom is 0.337 e. The van der Waals surface area contributed by atoms with Crippen LogP contribution < -0.4 is 10.2 Å². The molecule has 0 spiro atoms. The molecule has 0 aliphatic carbocycles. The van der Waals surface area contributed by atoms with Gasteiger partial charge in [-0.3, -0.25) is 19.8 Å². The summed E-state index contributed by atoms with van der Waals surface area (Å²) in [5, 5.41) is 12.6. The molecule has 1 saturated heterocycles. The standard InChI is InChI=1S/C25H19Cl2N3O4S/c1-12-9-15(14(3)29(12)16-7-8-20(27)17(11-16)24(33)34)10-18-22(31)28-25(35)30(23(18)32)21-6-4-5-19(26)13(21)2/h4-11H,1-3H3,(H,33,34)(H,28,31,35)/b18-10+. The van der Waals surface area contributed by atoms with Gasteiger partial charge in [0.15, 0.2) is 5.11 Å². The second-order valence-corrected chi connectivity index (χ2v) is 9.17. The fourth-order valence-electron chi connectivity index (χ4n) is 4.02. The lowest BCUT2D eigenvalue weighted by molar-refractivity contribution is -0.122. The maximum absolute atomic E-state index is 13.4. The van der Waals surface area contributed by atoms with Crippen LogP contribution in [0.1, 0.15) is 32.9 Å². The predicted octanol–water partition coefficient (Wildman–Crippen LogP) is 5.24. The van der Waals surface area contributed by atoms with E-state index in [4.69, 9.17) is 35.4 Å². The summed E-state index contributed by atoms with van der Waals surface area (Å²) in [6.07, 6.45) is 1.50. The van der Waals surface area contributed by atoms with Crippen molar-refractivity contribution >= 4 is 70.1 Å². The number of carbonyl (C=O) groups excluding carboxylic acids is 2. The van der Waals surface area contributed by atoms with E-state index in [1.807, 2.05) is 18.4 Å². The van der Waals surface area contributed by atoms with Gasteiger partial charge in [0.05, 0.1) is 16.3 Å². The van der Waals surface area contributed by atoms with Crippen molar-refractivity contribution in [2.45, 2.75) is 20.8 Å². The molecule has 2 aromatic carbocycles. The maximum atomic E-state index is 13.4. The average Bonchev–Trinajstić information content (AvgIpc) is 3.07. The minimum Gasteiger partial charge on any atom is -0.478 e. The molecule has 2 N–H and O–H groups in total. The fraction of sp³-hybridized carbons (Fsp3) is 0.120. The van der Waals surface area contributed by atoms with E-state index in [9.17, 15) is 19.5 Å². The molecule has 0 saturated carbocycles. The number of carboxylic acid groups (broad SMARTS) is 1.